The average Bonchev–Trinajstić information content (AvgIpc) is 3.06. The number of aromatic nitrogens is 1. The molecule has 2 N–H and O–H groups in total. The number of hydrogen-bond acceptors (Lipinski definition) is 3. The Kier molecular flexibility index (Phi) is 2.62. The van der Waals surface area contributed by atoms with Gasteiger partial charge in [0.2, 0.25) is 0 Å². The predicted molar refractivity (Wildman–Crippen MR) is 68.4 cm³/mol. The highest BCUT2D eigenvalue weighted by Gasteiger charge is 2.25. The molecule has 0 bridgehead atoms. The van der Waals surface area contributed by atoms with Crippen LogP contribution in [0.15, 0.2) is 24.4 Å². The first kappa shape index (κ1) is 11.0. The van der Waals surface area contributed by atoms with Crippen LogP contribution in [0.25, 0.3) is 10.9 Å². The van der Waals surface area contributed by atoms with Crippen LogP contribution in [0.1, 0.15) is 28.8 Å². The van der Waals surface area contributed by atoms with Crippen LogP contribution in [0.2, 0.25) is 0 Å². The quantitative estimate of drug-likeness (QED) is 0.787. The van der Waals surface area contributed by atoms with Crippen LogP contribution in [0, 0.1) is 11.3 Å². The Morgan fingerprint density at radius 3 is 3.06 bits per heavy atom. The second-order valence-corrected chi connectivity index (χ2v) is 4.59. The van der Waals surface area contributed by atoms with Gasteiger partial charge in [-0.1, -0.05) is 6.07 Å². The summed E-state index contributed by atoms with van der Waals surface area (Å²) in [5, 5.41) is 13.0. The van der Waals surface area contributed by atoms with E-state index < -0.39 is 0 Å². The van der Waals surface area contributed by atoms with Crippen molar-refractivity contribution in [2.24, 2.45) is 0 Å². The number of rotatable bonds is 2. The summed E-state index contributed by atoms with van der Waals surface area (Å²) < 4.78 is 0. The number of Topliss-reactive ketones (excluding diaryl/α,β-unsaturated/α-hetero) is 1. The van der Waals surface area contributed by atoms with E-state index in [2.05, 4.69) is 16.4 Å². The maximum Gasteiger partial charge on any atom is 0.181 e. The van der Waals surface area contributed by atoms with E-state index in [1.54, 1.807) is 18.3 Å². The Labute approximate surface area is 105 Å². The molecule has 1 atom stereocenters. The summed E-state index contributed by atoms with van der Waals surface area (Å²) in [5.74, 6) is 0.142. The van der Waals surface area contributed by atoms with Crippen LogP contribution in [0.4, 0.5) is 0 Å². The molecular weight excluding hydrogens is 226 g/mol. The molecule has 3 rings (SSSR count). The van der Waals surface area contributed by atoms with Crippen LogP contribution in [0.3, 0.4) is 0 Å². The molecule has 0 radical (unpaired) electrons. The van der Waals surface area contributed by atoms with Crippen molar-refractivity contribution < 1.29 is 4.79 Å². The Morgan fingerprint density at radius 2 is 2.33 bits per heavy atom. The van der Waals surface area contributed by atoms with Crippen molar-refractivity contribution in [3.63, 3.8) is 0 Å². The van der Waals surface area contributed by atoms with Crippen LogP contribution in [0.5, 0.6) is 0 Å². The smallest absolute Gasteiger partial charge is 0.181 e. The molecule has 1 saturated heterocycles. The maximum atomic E-state index is 12.3. The summed E-state index contributed by atoms with van der Waals surface area (Å²) in [5.41, 5.74) is 2.16. The van der Waals surface area contributed by atoms with Gasteiger partial charge < -0.3 is 10.3 Å². The van der Waals surface area contributed by atoms with E-state index in [1.807, 2.05) is 6.07 Å². The minimum absolute atomic E-state index is 0.0559. The number of nitrogens with zero attached hydrogens (tertiary/aromatic N) is 1. The molecule has 1 aromatic carbocycles. The van der Waals surface area contributed by atoms with Gasteiger partial charge in [0, 0.05) is 22.7 Å². The monoisotopic (exact) mass is 239 g/mol. The number of hydrogen-bond donors (Lipinski definition) is 2. The first-order valence-corrected chi connectivity index (χ1v) is 6.08. The first-order chi connectivity index (χ1) is 8.79. The highest BCUT2D eigenvalue weighted by molar-refractivity contribution is 6.10. The van der Waals surface area contributed by atoms with E-state index in [9.17, 15) is 4.79 Å². The number of nitriles is 1. The van der Waals surface area contributed by atoms with E-state index >= 15 is 0 Å². The van der Waals surface area contributed by atoms with Gasteiger partial charge in [-0.25, -0.2) is 0 Å². The number of nitrogens with one attached hydrogen (secondary N) is 2. The largest absolute Gasteiger partial charge is 0.360 e. The number of H-pyrrole nitrogens is 1. The Morgan fingerprint density at radius 1 is 1.44 bits per heavy atom. The van der Waals surface area contributed by atoms with E-state index in [-0.39, 0.29) is 11.8 Å². The average molecular weight is 239 g/mol. The van der Waals surface area contributed by atoms with Crippen LogP contribution in [-0.2, 0) is 0 Å². The number of carbonyl (C=O) groups excluding carboxylic acids is 1. The Bertz CT molecular complexity index is 645. The number of fused-ring (bicyclic) bond motifs is 1. The van der Waals surface area contributed by atoms with Crippen molar-refractivity contribution in [1.82, 2.24) is 10.3 Å². The summed E-state index contributed by atoms with van der Waals surface area (Å²) in [4.78, 5) is 15.4. The lowest BCUT2D eigenvalue weighted by molar-refractivity contribution is 0.0954. The Hall–Kier alpha value is -2.12. The molecule has 1 aliphatic heterocycles. The number of aromatic amines is 1. The van der Waals surface area contributed by atoms with Crippen molar-refractivity contribution in [2.75, 3.05) is 6.54 Å². The van der Waals surface area contributed by atoms with Gasteiger partial charge in [0.05, 0.1) is 17.7 Å². The molecule has 4 nitrogen and oxygen atoms in total. The molecule has 2 heterocycles. The molecule has 1 fully saturated rings. The zero-order chi connectivity index (χ0) is 12.5. The standard InChI is InChI=1S/C14H13N3O/c15-7-9-3-4-10-11(8-17-13(10)6-9)14(18)12-2-1-5-16-12/h3-4,6,8,12,16-17H,1-2,5H2. The summed E-state index contributed by atoms with van der Waals surface area (Å²) in [7, 11) is 0. The summed E-state index contributed by atoms with van der Waals surface area (Å²) in [6.07, 6.45) is 3.70. The van der Waals surface area contributed by atoms with Crippen molar-refractivity contribution in [3.8, 4) is 6.07 Å². The SMILES string of the molecule is N#Cc1ccc2c(C(=O)C3CCCN3)c[nH]c2c1. The zero-order valence-electron chi connectivity index (χ0n) is 9.86. The van der Waals surface area contributed by atoms with Crippen molar-refractivity contribution >= 4 is 16.7 Å². The van der Waals surface area contributed by atoms with Crippen LogP contribution in [-0.4, -0.2) is 23.4 Å². The van der Waals surface area contributed by atoms with Gasteiger partial charge in [-0.2, -0.15) is 5.26 Å². The van der Waals surface area contributed by atoms with Gasteiger partial charge in [0.25, 0.3) is 0 Å². The topological polar surface area (TPSA) is 68.7 Å². The summed E-state index contributed by atoms with van der Waals surface area (Å²) in [6, 6.07) is 7.40. The molecule has 0 saturated carbocycles. The molecule has 1 aromatic heterocycles. The van der Waals surface area contributed by atoms with Gasteiger partial charge in [0.1, 0.15) is 0 Å². The van der Waals surface area contributed by atoms with Crippen molar-refractivity contribution in [1.29, 1.82) is 5.26 Å². The highest BCUT2D eigenvalue weighted by atomic mass is 16.1. The van der Waals surface area contributed by atoms with Crippen molar-refractivity contribution in [2.45, 2.75) is 18.9 Å². The third kappa shape index (κ3) is 1.69. The summed E-state index contributed by atoms with van der Waals surface area (Å²) in [6.45, 7) is 0.914. The number of carbonyl (C=O) groups is 1. The lowest BCUT2D eigenvalue weighted by atomic mass is 10.0. The second-order valence-electron chi connectivity index (χ2n) is 4.59. The fourth-order valence-corrected chi connectivity index (χ4v) is 2.50. The number of benzene rings is 1. The number of ketones is 1. The fraction of sp³-hybridized carbons (Fsp3) is 0.286. The van der Waals surface area contributed by atoms with Crippen molar-refractivity contribution in [3.05, 3.63) is 35.5 Å². The van der Waals surface area contributed by atoms with E-state index in [0.29, 0.717) is 11.1 Å². The lowest BCUT2D eigenvalue weighted by Crippen LogP contribution is -2.30. The molecule has 90 valence electrons. The van der Waals surface area contributed by atoms with Crippen LogP contribution >= 0.6 is 0 Å². The molecule has 2 aromatic rings. The maximum absolute atomic E-state index is 12.3. The highest BCUT2D eigenvalue weighted by Crippen LogP contribution is 2.22. The molecule has 1 aliphatic rings. The molecule has 4 heteroatoms. The lowest BCUT2D eigenvalue weighted by Gasteiger charge is -2.07. The molecule has 1 unspecified atom stereocenters. The predicted octanol–water partition coefficient (Wildman–Crippen LogP) is 1.97. The minimum Gasteiger partial charge on any atom is -0.360 e. The molecule has 0 aliphatic carbocycles. The van der Waals surface area contributed by atoms with Gasteiger partial charge in [0.15, 0.2) is 5.78 Å². The van der Waals surface area contributed by atoms with Gasteiger partial charge in [-0.15, -0.1) is 0 Å². The first-order valence-electron chi connectivity index (χ1n) is 6.08. The molecular formula is C14H13N3O. The molecule has 0 spiro atoms. The Balaban J connectivity index is 2.02. The van der Waals surface area contributed by atoms with E-state index in [4.69, 9.17) is 5.26 Å². The third-order valence-corrected chi connectivity index (χ3v) is 3.45. The normalized spacial score (nSPS) is 18.9. The van der Waals surface area contributed by atoms with Crippen LogP contribution < -0.4 is 5.32 Å². The van der Waals surface area contributed by atoms with Gasteiger partial charge in [-0.3, -0.25) is 4.79 Å². The molecule has 0 amide bonds. The second kappa shape index (κ2) is 4.28. The minimum atomic E-state index is -0.0559. The van der Waals surface area contributed by atoms with Gasteiger partial charge in [-0.05, 0) is 31.5 Å². The fourth-order valence-electron chi connectivity index (χ4n) is 2.50. The zero-order valence-corrected chi connectivity index (χ0v) is 9.86. The molecule has 18 heavy (non-hydrogen) atoms. The van der Waals surface area contributed by atoms with E-state index in [0.717, 1.165) is 30.3 Å². The summed E-state index contributed by atoms with van der Waals surface area (Å²) >= 11 is 0. The van der Waals surface area contributed by atoms with E-state index in [1.165, 1.54) is 0 Å². The third-order valence-electron chi connectivity index (χ3n) is 3.45. The van der Waals surface area contributed by atoms with Gasteiger partial charge >= 0.3 is 0 Å².